The van der Waals surface area contributed by atoms with E-state index in [4.69, 9.17) is 21.3 Å². The number of rotatable bonds is 4. The molecule has 7 nitrogen and oxygen atoms in total. The maximum absolute atomic E-state index is 6.26. The van der Waals surface area contributed by atoms with Gasteiger partial charge < -0.3 is 14.2 Å². The summed E-state index contributed by atoms with van der Waals surface area (Å²) in [5, 5.41) is 0.284. The summed E-state index contributed by atoms with van der Waals surface area (Å²) >= 11 is 6.26. The Morgan fingerprint density at radius 2 is 1.81 bits per heavy atom. The van der Waals surface area contributed by atoms with Crippen LogP contribution in [-0.2, 0) is 17.8 Å². The zero-order valence-corrected chi connectivity index (χ0v) is 16.4. The standard InChI is InChI=1S/C18H27ClN6O/c1-3-25-14(12-23-6-4-13(2)5-7-23)20-15-16(21-18(19)22-17(15)25)24-8-10-26-11-9-24/h13H,3-12H2,1-2H3. The van der Waals surface area contributed by atoms with Crippen molar-refractivity contribution in [3.05, 3.63) is 11.1 Å². The van der Waals surface area contributed by atoms with E-state index < -0.39 is 0 Å². The van der Waals surface area contributed by atoms with Crippen LogP contribution < -0.4 is 4.90 Å². The zero-order valence-electron chi connectivity index (χ0n) is 15.6. The average Bonchev–Trinajstić information content (AvgIpc) is 3.00. The summed E-state index contributed by atoms with van der Waals surface area (Å²) < 4.78 is 7.66. The van der Waals surface area contributed by atoms with Crippen molar-refractivity contribution in [2.75, 3.05) is 44.3 Å². The molecule has 0 radical (unpaired) electrons. The first-order valence-electron chi connectivity index (χ1n) is 9.63. The molecule has 2 fully saturated rings. The number of anilines is 1. The zero-order chi connectivity index (χ0) is 18.1. The van der Waals surface area contributed by atoms with E-state index in [1.54, 1.807) is 0 Å². The van der Waals surface area contributed by atoms with E-state index in [1.807, 2.05) is 0 Å². The van der Waals surface area contributed by atoms with Crippen LogP contribution in [0.4, 0.5) is 5.82 Å². The first kappa shape index (κ1) is 17.9. The molecule has 4 rings (SSSR count). The average molecular weight is 379 g/mol. The Kier molecular flexibility index (Phi) is 5.29. The topological polar surface area (TPSA) is 59.3 Å². The predicted molar refractivity (Wildman–Crippen MR) is 103 cm³/mol. The normalized spacial score (nSPS) is 20.2. The third-order valence-electron chi connectivity index (χ3n) is 5.50. The molecule has 0 bridgehead atoms. The van der Waals surface area contributed by atoms with Gasteiger partial charge >= 0.3 is 0 Å². The number of ether oxygens (including phenoxy) is 1. The van der Waals surface area contributed by atoms with E-state index in [-0.39, 0.29) is 5.28 Å². The molecule has 0 aliphatic carbocycles. The second-order valence-electron chi connectivity index (χ2n) is 7.32. The summed E-state index contributed by atoms with van der Waals surface area (Å²) in [6.45, 7) is 11.4. The quantitative estimate of drug-likeness (QED) is 0.762. The monoisotopic (exact) mass is 378 g/mol. The molecule has 142 valence electrons. The van der Waals surface area contributed by atoms with Gasteiger partial charge in [-0.3, -0.25) is 4.90 Å². The SMILES string of the molecule is CCn1c(CN2CCC(C)CC2)nc2c(N3CCOCC3)nc(Cl)nc21. The van der Waals surface area contributed by atoms with Crippen LogP contribution in [-0.4, -0.2) is 63.8 Å². The lowest BCUT2D eigenvalue weighted by Crippen LogP contribution is -2.37. The summed E-state index contributed by atoms with van der Waals surface area (Å²) in [5.74, 6) is 2.72. The summed E-state index contributed by atoms with van der Waals surface area (Å²) in [6, 6.07) is 0. The van der Waals surface area contributed by atoms with Gasteiger partial charge in [0.15, 0.2) is 17.0 Å². The molecule has 0 N–H and O–H groups in total. The highest BCUT2D eigenvalue weighted by Crippen LogP contribution is 2.28. The van der Waals surface area contributed by atoms with Crippen LogP contribution in [0.3, 0.4) is 0 Å². The maximum Gasteiger partial charge on any atom is 0.226 e. The Bertz CT molecular complexity index is 765. The number of halogens is 1. The fourth-order valence-electron chi connectivity index (χ4n) is 3.87. The third-order valence-corrected chi connectivity index (χ3v) is 5.67. The van der Waals surface area contributed by atoms with Gasteiger partial charge in [-0.05, 0) is 50.4 Å². The lowest BCUT2D eigenvalue weighted by atomic mass is 9.99. The second-order valence-corrected chi connectivity index (χ2v) is 7.66. The molecule has 0 saturated carbocycles. The number of aromatic nitrogens is 4. The minimum absolute atomic E-state index is 0.284. The molecular weight excluding hydrogens is 352 g/mol. The molecule has 2 aromatic rings. The van der Waals surface area contributed by atoms with E-state index >= 15 is 0 Å². The molecule has 0 aromatic carbocycles. The summed E-state index contributed by atoms with van der Waals surface area (Å²) in [7, 11) is 0. The van der Waals surface area contributed by atoms with Crippen molar-refractivity contribution in [1.82, 2.24) is 24.4 Å². The van der Waals surface area contributed by atoms with Gasteiger partial charge in [-0.1, -0.05) is 6.92 Å². The highest BCUT2D eigenvalue weighted by Gasteiger charge is 2.24. The molecule has 0 atom stereocenters. The van der Waals surface area contributed by atoms with Gasteiger partial charge in [-0.25, -0.2) is 4.98 Å². The lowest BCUT2D eigenvalue weighted by molar-refractivity contribution is 0.122. The molecule has 4 heterocycles. The van der Waals surface area contributed by atoms with Crippen molar-refractivity contribution >= 4 is 28.6 Å². The van der Waals surface area contributed by atoms with Gasteiger partial charge in [-0.2, -0.15) is 9.97 Å². The Morgan fingerprint density at radius 3 is 2.50 bits per heavy atom. The van der Waals surface area contributed by atoms with E-state index in [0.717, 1.165) is 68.0 Å². The number of hydrogen-bond donors (Lipinski definition) is 0. The van der Waals surface area contributed by atoms with Gasteiger partial charge in [0.1, 0.15) is 5.82 Å². The van der Waals surface area contributed by atoms with Gasteiger partial charge in [0.05, 0.1) is 19.8 Å². The van der Waals surface area contributed by atoms with E-state index in [1.165, 1.54) is 12.8 Å². The molecular formula is C18H27ClN6O. The Balaban J connectivity index is 1.69. The lowest BCUT2D eigenvalue weighted by Gasteiger charge is -2.29. The number of nitrogens with zero attached hydrogens (tertiary/aromatic N) is 6. The van der Waals surface area contributed by atoms with Crippen LogP contribution in [0.2, 0.25) is 5.28 Å². The van der Waals surface area contributed by atoms with Crippen molar-refractivity contribution in [1.29, 1.82) is 0 Å². The van der Waals surface area contributed by atoms with Crippen molar-refractivity contribution in [3.63, 3.8) is 0 Å². The number of fused-ring (bicyclic) bond motifs is 1. The molecule has 2 aliphatic heterocycles. The highest BCUT2D eigenvalue weighted by molar-refractivity contribution is 6.28. The fourth-order valence-corrected chi connectivity index (χ4v) is 4.03. The van der Waals surface area contributed by atoms with Crippen molar-refractivity contribution in [2.24, 2.45) is 5.92 Å². The Morgan fingerprint density at radius 1 is 1.08 bits per heavy atom. The second kappa shape index (κ2) is 7.66. The number of morpholine rings is 1. The van der Waals surface area contributed by atoms with Crippen molar-refractivity contribution < 1.29 is 4.74 Å². The Labute approximate surface area is 159 Å². The van der Waals surface area contributed by atoms with Crippen LogP contribution >= 0.6 is 11.6 Å². The van der Waals surface area contributed by atoms with Crippen molar-refractivity contribution in [3.8, 4) is 0 Å². The smallest absolute Gasteiger partial charge is 0.226 e. The molecule has 0 unspecified atom stereocenters. The van der Waals surface area contributed by atoms with Crippen LogP contribution in [0.15, 0.2) is 0 Å². The van der Waals surface area contributed by atoms with Gasteiger partial charge in [-0.15, -0.1) is 0 Å². The summed E-state index contributed by atoms with van der Waals surface area (Å²) in [6.07, 6.45) is 2.52. The molecule has 2 saturated heterocycles. The minimum atomic E-state index is 0.284. The van der Waals surface area contributed by atoms with Crippen molar-refractivity contribution in [2.45, 2.75) is 39.8 Å². The number of likely N-dealkylation sites (tertiary alicyclic amines) is 1. The van der Waals surface area contributed by atoms with Crippen LogP contribution in [0.1, 0.15) is 32.5 Å². The van der Waals surface area contributed by atoms with Crippen LogP contribution in [0.5, 0.6) is 0 Å². The fraction of sp³-hybridized carbons (Fsp3) is 0.722. The van der Waals surface area contributed by atoms with E-state index in [9.17, 15) is 0 Å². The van der Waals surface area contributed by atoms with Gasteiger partial charge in [0.2, 0.25) is 5.28 Å². The number of piperidine rings is 1. The first-order chi connectivity index (χ1) is 12.7. The number of aryl methyl sites for hydroxylation is 1. The molecule has 2 aromatic heterocycles. The van der Waals surface area contributed by atoms with Gasteiger partial charge in [0, 0.05) is 19.6 Å². The summed E-state index contributed by atoms with van der Waals surface area (Å²) in [4.78, 5) is 18.7. The van der Waals surface area contributed by atoms with E-state index in [0.29, 0.717) is 13.2 Å². The molecule has 2 aliphatic rings. The molecule has 0 spiro atoms. The number of imidazole rings is 1. The van der Waals surface area contributed by atoms with Crippen LogP contribution in [0, 0.1) is 5.92 Å². The molecule has 26 heavy (non-hydrogen) atoms. The minimum Gasteiger partial charge on any atom is -0.378 e. The van der Waals surface area contributed by atoms with Crippen LogP contribution in [0.25, 0.3) is 11.2 Å². The Hall–Kier alpha value is -1.44. The predicted octanol–water partition coefficient (Wildman–Crippen LogP) is 2.57. The first-order valence-corrected chi connectivity index (χ1v) is 10.0. The molecule has 0 amide bonds. The highest BCUT2D eigenvalue weighted by atomic mass is 35.5. The largest absolute Gasteiger partial charge is 0.378 e. The maximum atomic E-state index is 6.26. The van der Waals surface area contributed by atoms with Gasteiger partial charge in [0.25, 0.3) is 0 Å². The van der Waals surface area contributed by atoms with E-state index in [2.05, 4.69) is 38.2 Å². The third kappa shape index (κ3) is 3.52. The summed E-state index contributed by atoms with van der Waals surface area (Å²) in [5.41, 5.74) is 1.70. The number of hydrogen-bond acceptors (Lipinski definition) is 6. The molecule has 8 heteroatoms.